The van der Waals surface area contributed by atoms with Crippen molar-refractivity contribution in [2.45, 2.75) is 31.5 Å². The van der Waals surface area contributed by atoms with Gasteiger partial charge in [-0.2, -0.15) is 0 Å². The van der Waals surface area contributed by atoms with Crippen molar-refractivity contribution in [3.8, 4) is 11.5 Å². The summed E-state index contributed by atoms with van der Waals surface area (Å²) < 4.78 is 5.83. The number of alkyl halides is 1. The van der Waals surface area contributed by atoms with E-state index in [2.05, 4.69) is 41.9 Å². The van der Waals surface area contributed by atoms with E-state index in [-0.39, 0.29) is 0 Å². The molecule has 0 spiro atoms. The van der Waals surface area contributed by atoms with Crippen molar-refractivity contribution in [1.29, 1.82) is 0 Å². The van der Waals surface area contributed by atoms with Crippen molar-refractivity contribution in [3.63, 3.8) is 0 Å². The summed E-state index contributed by atoms with van der Waals surface area (Å²) in [6.07, 6.45) is 1.14. The molecule has 0 aromatic heterocycles. The number of rotatable bonds is 5. The molecule has 0 amide bonds. The quantitative estimate of drug-likeness (QED) is 0.554. The molecule has 0 N–H and O–H groups in total. The van der Waals surface area contributed by atoms with Gasteiger partial charge in [0.1, 0.15) is 11.5 Å². The molecule has 1 nitrogen and oxygen atoms in total. The van der Waals surface area contributed by atoms with Gasteiger partial charge in [-0.15, -0.1) is 0 Å². The summed E-state index contributed by atoms with van der Waals surface area (Å²) >= 11 is 9.63. The maximum absolute atomic E-state index is 6.22. The van der Waals surface area contributed by atoms with Gasteiger partial charge in [-0.25, -0.2) is 0 Å². The average molecular weight is 354 g/mol. The molecule has 2 aromatic rings. The van der Waals surface area contributed by atoms with E-state index in [1.165, 1.54) is 5.56 Å². The summed E-state index contributed by atoms with van der Waals surface area (Å²) in [5.41, 5.74) is 2.47. The van der Waals surface area contributed by atoms with Crippen molar-refractivity contribution in [3.05, 3.63) is 58.6 Å². The van der Waals surface area contributed by atoms with Crippen LogP contribution in [0.5, 0.6) is 11.5 Å². The van der Waals surface area contributed by atoms with E-state index in [4.69, 9.17) is 16.3 Å². The predicted molar refractivity (Wildman–Crippen MR) is 89.3 cm³/mol. The fraction of sp³-hybridized carbons (Fsp3) is 0.294. The molecular weight excluding hydrogens is 336 g/mol. The second-order valence-electron chi connectivity index (χ2n) is 4.88. The summed E-state index contributed by atoms with van der Waals surface area (Å²) in [5, 5.41) is 1.42. The van der Waals surface area contributed by atoms with Gasteiger partial charge in [-0.05, 0) is 47.7 Å². The summed E-state index contributed by atoms with van der Waals surface area (Å²) in [6, 6.07) is 14.0. The van der Waals surface area contributed by atoms with Crippen LogP contribution < -0.4 is 4.74 Å². The van der Waals surface area contributed by atoms with E-state index in [9.17, 15) is 0 Å². The van der Waals surface area contributed by atoms with E-state index < -0.39 is 0 Å². The molecule has 2 aromatic carbocycles. The van der Waals surface area contributed by atoms with Gasteiger partial charge in [0.05, 0.1) is 5.02 Å². The molecule has 2 rings (SSSR count). The molecule has 0 saturated carbocycles. The van der Waals surface area contributed by atoms with Crippen LogP contribution in [-0.4, -0.2) is 0 Å². The Labute approximate surface area is 134 Å². The van der Waals surface area contributed by atoms with Gasteiger partial charge in [0.2, 0.25) is 0 Å². The Morgan fingerprint density at radius 3 is 2.40 bits per heavy atom. The molecule has 20 heavy (non-hydrogen) atoms. The Morgan fingerprint density at radius 2 is 1.85 bits per heavy atom. The van der Waals surface area contributed by atoms with Crippen LogP contribution in [0.15, 0.2) is 42.5 Å². The van der Waals surface area contributed by atoms with Crippen molar-refractivity contribution < 1.29 is 4.74 Å². The first-order valence-corrected chi connectivity index (χ1v) is 8.26. The van der Waals surface area contributed by atoms with Gasteiger partial charge in [0.25, 0.3) is 0 Å². The predicted octanol–water partition coefficient (Wildman–Crippen LogP) is 6.54. The third kappa shape index (κ3) is 3.77. The lowest BCUT2D eigenvalue weighted by atomic mass is 9.99. The molecule has 106 valence electrons. The van der Waals surface area contributed by atoms with Gasteiger partial charge in [0, 0.05) is 5.33 Å². The van der Waals surface area contributed by atoms with Crippen molar-refractivity contribution >= 4 is 27.5 Å². The highest BCUT2D eigenvalue weighted by Crippen LogP contribution is 2.31. The number of halogens is 2. The molecule has 0 aliphatic rings. The maximum Gasteiger partial charge on any atom is 0.146 e. The van der Waals surface area contributed by atoms with Gasteiger partial charge < -0.3 is 4.74 Å². The molecule has 0 saturated heterocycles. The standard InChI is InChI=1S/C17H18BrClO/c1-3-12(2)14-5-7-15(8-6-14)20-17-9-4-13(11-18)10-16(17)19/h4-10,12H,3,11H2,1-2H3. The molecule has 0 aliphatic carbocycles. The fourth-order valence-corrected chi connectivity index (χ4v) is 2.53. The molecule has 0 fully saturated rings. The molecule has 0 aliphatic heterocycles. The Hall–Kier alpha value is -0.990. The Bertz CT molecular complexity index is 566. The molecule has 1 unspecified atom stereocenters. The van der Waals surface area contributed by atoms with Gasteiger partial charge in [-0.3, -0.25) is 0 Å². The van der Waals surface area contributed by atoms with Crippen molar-refractivity contribution in [2.75, 3.05) is 0 Å². The van der Waals surface area contributed by atoms with Gasteiger partial charge >= 0.3 is 0 Å². The number of benzene rings is 2. The second kappa shape index (κ2) is 7.14. The summed E-state index contributed by atoms with van der Waals surface area (Å²) in [4.78, 5) is 0. The summed E-state index contributed by atoms with van der Waals surface area (Å²) in [6.45, 7) is 4.42. The highest BCUT2D eigenvalue weighted by molar-refractivity contribution is 9.08. The van der Waals surface area contributed by atoms with Crippen molar-refractivity contribution in [2.24, 2.45) is 0 Å². The van der Waals surface area contributed by atoms with Gasteiger partial charge in [-0.1, -0.05) is 59.6 Å². The number of hydrogen-bond acceptors (Lipinski definition) is 1. The van der Waals surface area contributed by atoms with E-state index in [0.29, 0.717) is 16.7 Å². The monoisotopic (exact) mass is 352 g/mol. The normalized spacial score (nSPS) is 12.2. The minimum atomic E-state index is 0.575. The summed E-state index contributed by atoms with van der Waals surface area (Å²) in [7, 11) is 0. The second-order valence-corrected chi connectivity index (χ2v) is 5.85. The first-order valence-electron chi connectivity index (χ1n) is 6.76. The van der Waals surface area contributed by atoms with Crippen LogP contribution in [0.2, 0.25) is 5.02 Å². The first-order chi connectivity index (χ1) is 9.63. The third-order valence-electron chi connectivity index (χ3n) is 3.44. The van der Waals surface area contributed by atoms with Gasteiger partial charge in [0.15, 0.2) is 0 Å². The SMILES string of the molecule is CCC(C)c1ccc(Oc2ccc(CBr)cc2Cl)cc1. The van der Waals surface area contributed by atoms with Crippen LogP contribution in [0, 0.1) is 0 Å². The molecule has 3 heteroatoms. The van der Waals surface area contributed by atoms with Crippen LogP contribution in [0.25, 0.3) is 0 Å². The minimum absolute atomic E-state index is 0.575. The zero-order valence-corrected chi connectivity index (χ0v) is 14.0. The van der Waals surface area contributed by atoms with Crippen LogP contribution in [0.4, 0.5) is 0 Å². The number of ether oxygens (including phenoxy) is 1. The summed E-state index contributed by atoms with van der Waals surface area (Å²) in [5.74, 6) is 2.07. The van der Waals surface area contributed by atoms with Crippen LogP contribution in [0.1, 0.15) is 37.3 Å². The van der Waals surface area contributed by atoms with Crippen LogP contribution in [-0.2, 0) is 5.33 Å². The smallest absolute Gasteiger partial charge is 0.146 e. The highest BCUT2D eigenvalue weighted by Gasteiger charge is 2.06. The first kappa shape index (κ1) is 15.4. The lowest BCUT2D eigenvalue weighted by Crippen LogP contribution is -1.91. The number of hydrogen-bond donors (Lipinski definition) is 0. The lowest BCUT2D eigenvalue weighted by molar-refractivity contribution is 0.482. The molecule has 0 bridgehead atoms. The minimum Gasteiger partial charge on any atom is -0.456 e. The molecular formula is C17H18BrClO. The molecule has 0 radical (unpaired) electrons. The molecule has 1 atom stereocenters. The molecule has 0 heterocycles. The third-order valence-corrected chi connectivity index (χ3v) is 4.38. The Morgan fingerprint density at radius 1 is 1.15 bits per heavy atom. The van der Waals surface area contributed by atoms with E-state index >= 15 is 0 Å². The Balaban J connectivity index is 2.14. The van der Waals surface area contributed by atoms with E-state index in [1.807, 2.05) is 30.3 Å². The lowest BCUT2D eigenvalue weighted by Gasteiger charge is -2.11. The van der Waals surface area contributed by atoms with E-state index in [0.717, 1.165) is 23.1 Å². The van der Waals surface area contributed by atoms with Crippen molar-refractivity contribution in [1.82, 2.24) is 0 Å². The zero-order valence-electron chi connectivity index (χ0n) is 11.7. The van der Waals surface area contributed by atoms with Crippen LogP contribution in [0.3, 0.4) is 0 Å². The van der Waals surface area contributed by atoms with E-state index in [1.54, 1.807) is 0 Å². The Kier molecular flexibility index (Phi) is 5.50. The largest absolute Gasteiger partial charge is 0.456 e. The highest BCUT2D eigenvalue weighted by atomic mass is 79.9. The zero-order chi connectivity index (χ0) is 14.5. The maximum atomic E-state index is 6.22. The topological polar surface area (TPSA) is 9.23 Å². The van der Waals surface area contributed by atoms with Crippen LogP contribution >= 0.6 is 27.5 Å². The fourth-order valence-electron chi connectivity index (χ4n) is 1.94. The average Bonchev–Trinajstić information content (AvgIpc) is 2.49.